The van der Waals surface area contributed by atoms with Crippen LogP contribution in [0.1, 0.15) is 33.9 Å². The molecule has 2 amide bonds. The van der Waals surface area contributed by atoms with E-state index >= 15 is 0 Å². The molecule has 5 rings (SSSR count). The lowest BCUT2D eigenvalue weighted by atomic mass is 10.1. The fraction of sp³-hybridized carbons (Fsp3) is 0.385. The van der Waals surface area contributed by atoms with Crippen LogP contribution in [0.3, 0.4) is 0 Å². The monoisotopic (exact) mass is 446 g/mol. The Hall–Kier alpha value is -3.16. The molecule has 7 heteroatoms. The molecule has 2 heterocycles. The van der Waals surface area contributed by atoms with Crippen LogP contribution in [0.2, 0.25) is 0 Å². The zero-order chi connectivity index (χ0) is 22.9. The molecular weight excluding hydrogens is 416 g/mol. The third kappa shape index (κ3) is 4.38. The summed E-state index contributed by atoms with van der Waals surface area (Å²) in [4.78, 5) is 28.4. The van der Waals surface area contributed by atoms with E-state index in [-0.39, 0.29) is 23.9 Å². The number of fused-ring (bicyclic) bond motifs is 2. The zero-order valence-electron chi connectivity index (χ0n) is 19.1. The highest BCUT2D eigenvalue weighted by atomic mass is 16.5. The number of rotatable bonds is 4. The highest BCUT2D eigenvalue weighted by molar-refractivity contribution is 5.98. The van der Waals surface area contributed by atoms with Crippen LogP contribution in [0.5, 0.6) is 0 Å². The molecule has 1 aromatic heterocycles. The van der Waals surface area contributed by atoms with Crippen LogP contribution in [-0.4, -0.2) is 60.2 Å². The maximum Gasteiger partial charge on any atom is 0.251 e. The van der Waals surface area contributed by atoms with Gasteiger partial charge < -0.3 is 24.8 Å². The number of nitrogens with zero attached hydrogens (tertiary/aromatic N) is 2. The van der Waals surface area contributed by atoms with Gasteiger partial charge in [0.2, 0.25) is 0 Å². The maximum atomic E-state index is 13.2. The summed E-state index contributed by atoms with van der Waals surface area (Å²) in [6.45, 7) is 2.06. The molecule has 0 radical (unpaired) electrons. The van der Waals surface area contributed by atoms with Crippen molar-refractivity contribution in [2.24, 2.45) is 7.05 Å². The topological polar surface area (TPSA) is 75.6 Å². The summed E-state index contributed by atoms with van der Waals surface area (Å²) in [7, 11) is 3.99. The molecule has 1 aliphatic heterocycles. The molecule has 33 heavy (non-hydrogen) atoms. The molecule has 0 spiro atoms. The van der Waals surface area contributed by atoms with E-state index < -0.39 is 6.10 Å². The smallest absolute Gasteiger partial charge is 0.251 e. The first kappa shape index (κ1) is 21.7. The standard InChI is InChI=1S/C26H30N4O3/c1-29-11-5-13-33-23(16-29)26(32)28-24-20-7-4-3-6-17(20)15-21(24)27-25(31)19-8-9-22-18(14-19)10-12-30(22)2/h3-4,6-10,12,14,21,23-24H,5,11,13,15-16H2,1-2H3,(H,27,31)(H,28,32)/t21-,23-,24-/m0/s1. The Bertz CT molecular complexity index is 1190. The van der Waals surface area contributed by atoms with Crippen LogP contribution in [0.15, 0.2) is 54.7 Å². The lowest BCUT2D eigenvalue weighted by Gasteiger charge is -2.26. The van der Waals surface area contributed by atoms with Crippen molar-refractivity contribution in [1.29, 1.82) is 0 Å². The lowest BCUT2D eigenvalue weighted by molar-refractivity contribution is -0.133. The molecule has 7 nitrogen and oxygen atoms in total. The van der Waals surface area contributed by atoms with Crippen LogP contribution < -0.4 is 10.6 Å². The highest BCUT2D eigenvalue weighted by Gasteiger charge is 2.36. The van der Waals surface area contributed by atoms with Gasteiger partial charge in [-0.25, -0.2) is 0 Å². The molecule has 2 N–H and O–H groups in total. The molecule has 0 bridgehead atoms. The van der Waals surface area contributed by atoms with Crippen LogP contribution >= 0.6 is 0 Å². The van der Waals surface area contributed by atoms with Gasteiger partial charge in [-0.3, -0.25) is 9.59 Å². The van der Waals surface area contributed by atoms with Gasteiger partial charge in [-0.1, -0.05) is 24.3 Å². The molecule has 2 aliphatic rings. The molecule has 2 aromatic carbocycles. The molecule has 0 saturated carbocycles. The van der Waals surface area contributed by atoms with Gasteiger partial charge in [0.25, 0.3) is 11.8 Å². The van der Waals surface area contributed by atoms with Crippen molar-refractivity contribution in [2.75, 3.05) is 26.7 Å². The minimum absolute atomic E-state index is 0.129. The number of aryl methyl sites for hydroxylation is 1. The average Bonchev–Trinajstić information content (AvgIpc) is 3.26. The predicted octanol–water partition coefficient (Wildman–Crippen LogP) is 2.41. The van der Waals surface area contributed by atoms with E-state index in [0.29, 0.717) is 25.1 Å². The Kier molecular flexibility index (Phi) is 5.91. The van der Waals surface area contributed by atoms with Crippen molar-refractivity contribution in [3.63, 3.8) is 0 Å². The number of likely N-dealkylation sites (N-methyl/N-ethyl adjacent to an activating group) is 1. The van der Waals surface area contributed by atoms with Crippen molar-refractivity contribution >= 4 is 22.7 Å². The van der Waals surface area contributed by atoms with Crippen LogP contribution in [0.25, 0.3) is 10.9 Å². The summed E-state index contributed by atoms with van der Waals surface area (Å²) in [6.07, 6.45) is 3.06. The van der Waals surface area contributed by atoms with E-state index in [9.17, 15) is 9.59 Å². The Morgan fingerprint density at radius 3 is 2.79 bits per heavy atom. The number of carbonyl (C=O) groups excluding carboxylic acids is 2. The molecule has 1 saturated heterocycles. The molecule has 0 unspecified atom stereocenters. The third-order valence-electron chi connectivity index (χ3n) is 6.77. The SMILES string of the molecule is CN1CCCO[C@H](C(=O)N[C@H]2c3ccccc3C[C@@H]2NC(=O)c2ccc3c(ccn3C)c2)C1. The van der Waals surface area contributed by atoms with Gasteiger partial charge in [-0.2, -0.15) is 0 Å². The Balaban J connectivity index is 1.35. The van der Waals surface area contributed by atoms with Gasteiger partial charge in [-0.05, 0) is 55.3 Å². The van der Waals surface area contributed by atoms with Crippen molar-refractivity contribution in [3.8, 4) is 0 Å². The van der Waals surface area contributed by atoms with Crippen molar-refractivity contribution < 1.29 is 14.3 Å². The van der Waals surface area contributed by atoms with E-state index in [1.807, 2.05) is 67.3 Å². The largest absolute Gasteiger partial charge is 0.367 e. The highest BCUT2D eigenvalue weighted by Crippen LogP contribution is 2.32. The summed E-state index contributed by atoms with van der Waals surface area (Å²) >= 11 is 0. The van der Waals surface area contributed by atoms with Crippen molar-refractivity contribution in [1.82, 2.24) is 20.1 Å². The number of carbonyl (C=O) groups is 2. The van der Waals surface area contributed by atoms with E-state index in [4.69, 9.17) is 4.74 Å². The number of benzene rings is 2. The Morgan fingerprint density at radius 2 is 1.91 bits per heavy atom. The molecule has 1 aliphatic carbocycles. The van der Waals surface area contributed by atoms with Gasteiger partial charge in [0.05, 0.1) is 12.1 Å². The summed E-state index contributed by atoms with van der Waals surface area (Å²) in [6, 6.07) is 15.3. The number of ether oxygens (including phenoxy) is 1. The Labute approximate surface area is 193 Å². The second-order valence-corrected chi connectivity index (χ2v) is 9.14. The number of hydrogen-bond acceptors (Lipinski definition) is 4. The lowest BCUT2D eigenvalue weighted by Crippen LogP contribution is -2.49. The quantitative estimate of drug-likeness (QED) is 0.646. The third-order valence-corrected chi connectivity index (χ3v) is 6.77. The van der Waals surface area contributed by atoms with Crippen LogP contribution in [-0.2, 0) is 23.0 Å². The molecule has 3 atom stereocenters. The normalized spacial score (nSPS) is 23.2. The summed E-state index contributed by atoms with van der Waals surface area (Å²) < 4.78 is 7.85. The fourth-order valence-corrected chi connectivity index (χ4v) is 4.97. The first-order valence-corrected chi connectivity index (χ1v) is 11.5. The van der Waals surface area contributed by atoms with Gasteiger partial charge in [-0.15, -0.1) is 0 Å². The molecular formula is C26H30N4O3. The van der Waals surface area contributed by atoms with Gasteiger partial charge >= 0.3 is 0 Å². The summed E-state index contributed by atoms with van der Waals surface area (Å²) in [5, 5.41) is 7.39. The molecule has 1 fully saturated rings. The minimum atomic E-state index is -0.512. The van der Waals surface area contributed by atoms with Crippen molar-refractivity contribution in [2.45, 2.75) is 31.0 Å². The molecule has 3 aromatic rings. The Morgan fingerprint density at radius 1 is 1.06 bits per heavy atom. The average molecular weight is 447 g/mol. The predicted molar refractivity (Wildman–Crippen MR) is 127 cm³/mol. The first-order chi connectivity index (χ1) is 16.0. The van der Waals surface area contributed by atoms with Gasteiger partial charge in [0.15, 0.2) is 0 Å². The van der Waals surface area contributed by atoms with Crippen molar-refractivity contribution in [3.05, 3.63) is 71.4 Å². The van der Waals surface area contributed by atoms with Gasteiger partial charge in [0.1, 0.15) is 6.10 Å². The number of nitrogens with one attached hydrogen (secondary N) is 2. The van der Waals surface area contributed by atoms with Crippen LogP contribution in [0.4, 0.5) is 0 Å². The summed E-state index contributed by atoms with van der Waals surface area (Å²) in [5.74, 6) is -0.265. The molecule has 172 valence electrons. The number of aromatic nitrogens is 1. The second kappa shape index (κ2) is 9.00. The van der Waals surface area contributed by atoms with Gasteiger partial charge in [0, 0.05) is 49.4 Å². The van der Waals surface area contributed by atoms with Crippen LogP contribution in [0, 0.1) is 0 Å². The zero-order valence-corrected chi connectivity index (χ0v) is 19.1. The van der Waals surface area contributed by atoms with E-state index in [0.717, 1.165) is 35.0 Å². The number of amides is 2. The maximum absolute atomic E-state index is 13.2. The summed E-state index contributed by atoms with van der Waals surface area (Å²) in [5.41, 5.74) is 3.89. The minimum Gasteiger partial charge on any atom is -0.367 e. The van der Waals surface area contributed by atoms with E-state index in [2.05, 4.69) is 21.6 Å². The van der Waals surface area contributed by atoms with E-state index in [1.165, 1.54) is 0 Å². The second-order valence-electron chi connectivity index (χ2n) is 9.14. The van der Waals surface area contributed by atoms with E-state index in [1.54, 1.807) is 0 Å². The number of hydrogen-bond donors (Lipinski definition) is 2. The first-order valence-electron chi connectivity index (χ1n) is 11.5. The fourth-order valence-electron chi connectivity index (χ4n) is 4.97.